The fraction of sp³-hybridized carbons (Fsp3) is 0.267. The molecule has 0 atom stereocenters. The Morgan fingerprint density at radius 1 is 1.30 bits per heavy atom. The smallest absolute Gasteiger partial charge is 0.324 e. The molecule has 1 amide bonds. The normalized spacial score (nSPS) is 11.3. The summed E-state index contributed by atoms with van der Waals surface area (Å²) >= 11 is 0. The number of carbonyl (C=O) groups is 1. The second-order valence-electron chi connectivity index (χ2n) is 4.79. The topological polar surface area (TPSA) is 64.0 Å². The summed E-state index contributed by atoms with van der Waals surface area (Å²) < 4.78 is 39.6. The Labute approximate surface area is 129 Å². The molecule has 5 nitrogen and oxygen atoms in total. The van der Waals surface area contributed by atoms with Crippen LogP contribution in [-0.4, -0.2) is 15.5 Å². The summed E-state index contributed by atoms with van der Waals surface area (Å²) in [5, 5.41) is 2.17. The van der Waals surface area contributed by atoms with Gasteiger partial charge in [-0.2, -0.15) is 13.2 Å². The summed E-state index contributed by atoms with van der Waals surface area (Å²) in [6.45, 7) is 1.41. The molecule has 2 rings (SSSR count). The van der Waals surface area contributed by atoms with E-state index in [1.54, 1.807) is 0 Å². The Kier molecular flexibility index (Phi) is 4.83. The van der Waals surface area contributed by atoms with Gasteiger partial charge in [0.25, 0.3) is 5.56 Å². The fourth-order valence-corrected chi connectivity index (χ4v) is 1.96. The second-order valence-corrected chi connectivity index (χ2v) is 4.79. The van der Waals surface area contributed by atoms with Gasteiger partial charge in [-0.05, 0) is 18.6 Å². The number of carbonyl (C=O) groups excluding carboxylic acids is 1. The van der Waals surface area contributed by atoms with Crippen molar-refractivity contribution in [3.8, 4) is 0 Å². The number of aromatic nitrogens is 2. The third-order valence-electron chi connectivity index (χ3n) is 3.12. The number of aryl methyl sites for hydroxylation is 1. The first-order chi connectivity index (χ1) is 10.8. The molecule has 23 heavy (non-hydrogen) atoms. The molecule has 0 radical (unpaired) electrons. The quantitative estimate of drug-likeness (QED) is 0.939. The average Bonchev–Trinajstić information content (AvgIpc) is 2.48. The van der Waals surface area contributed by atoms with Crippen LogP contribution in [-0.2, 0) is 23.9 Å². The van der Waals surface area contributed by atoms with E-state index in [1.165, 1.54) is 24.5 Å². The van der Waals surface area contributed by atoms with Crippen molar-refractivity contribution in [1.29, 1.82) is 0 Å². The Morgan fingerprint density at radius 3 is 2.61 bits per heavy atom. The van der Waals surface area contributed by atoms with Gasteiger partial charge in [0.1, 0.15) is 6.54 Å². The van der Waals surface area contributed by atoms with Crippen LogP contribution in [0.1, 0.15) is 18.2 Å². The molecule has 0 fully saturated rings. The van der Waals surface area contributed by atoms with Gasteiger partial charge in [-0.1, -0.05) is 19.1 Å². The first-order valence-corrected chi connectivity index (χ1v) is 6.82. The Bertz CT molecular complexity index is 769. The number of hydrogen-bond acceptors (Lipinski definition) is 3. The summed E-state index contributed by atoms with van der Waals surface area (Å²) in [7, 11) is 0. The first-order valence-electron chi connectivity index (χ1n) is 6.82. The standard InChI is InChI=1S/C15H14F3N3O2/c1-2-10-7-14(23)21(9-19-10)8-13(22)20-12-6-4-3-5-11(12)15(16,17)18/h3-7,9H,2,8H2,1H3,(H,20,22). The van der Waals surface area contributed by atoms with Gasteiger partial charge in [0.15, 0.2) is 0 Å². The van der Waals surface area contributed by atoms with Crippen molar-refractivity contribution in [1.82, 2.24) is 9.55 Å². The lowest BCUT2D eigenvalue weighted by Crippen LogP contribution is -2.28. The number of alkyl halides is 3. The number of rotatable bonds is 4. The molecule has 0 bridgehead atoms. The number of benzene rings is 1. The number of amides is 1. The minimum absolute atomic E-state index is 0.351. The molecule has 0 aliphatic heterocycles. The minimum atomic E-state index is -4.58. The van der Waals surface area contributed by atoms with Crippen molar-refractivity contribution >= 4 is 11.6 Å². The molecule has 2 aromatic rings. The predicted octanol–water partition coefficient (Wildman–Crippen LogP) is 2.46. The molecule has 1 aromatic heterocycles. The zero-order chi connectivity index (χ0) is 17.0. The van der Waals surface area contributed by atoms with Crippen LogP contribution in [0.3, 0.4) is 0 Å². The van der Waals surface area contributed by atoms with Crippen molar-refractivity contribution in [2.45, 2.75) is 26.1 Å². The van der Waals surface area contributed by atoms with Crippen molar-refractivity contribution < 1.29 is 18.0 Å². The number of para-hydroxylation sites is 1. The summed E-state index contributed by atoms with van der Waals surface area (Å²) in [6.07, 6.45) is -2.80. The highest BCUT2D eigenvalue weighted by atomic mass is 19.4. The molecule has 0 saturated carbocycles. The van der Waals surface area contributed by atoms with Crippen LogP contribution in [0.15, 0.2) is 41.5 Å². The number of hydrogen-bond donors (Lipinski definition) is 1. The van der Waals surface area contributed by atoms with Gasteiger partial charge in [-0.15, -0.1) is 0 Å². The van der Waals surface area contributed by atoms with E-state index in [0.717, 1.165) is 16.7 Å². The van der Waals surface area contributed by atoms with Crippen LogP contribution >= 0.6 is 0 Å². The fourth-order valence-electron chi connectivity index (χ4n) is 1.96. The highest BCUT2D eigenvalue weighted by Crippen LogP contribution is 2.34. The van der Waals surface area contributed by atoms with E-state index in [0.29, 0.717) is 12.1 Å². The summed E-state index contributed by atoms with van der Waals surface area (Å²) in [6, 6.07) is 5.93. The molecule has 0 aliphatic rings. The van der Waals surface area contributed by atoms with Crippen LogP contribution in [0.2, 0.25) is 0 Å². The number of anilines is 1. The van der Waals surface area contributed by atoms with Crippen LogP contribution in [0.25, 0.3) is 0 Å². The van der Waals surface area contributed by atoms with Crippen molar-refractivity contribution in [3.05, 3.63) is 58.3 Å². The minimum Gasteiger partial charge on any atom is -0.324 e. The van der Waals surface area contributed by atoms with Gasteiger partial charge in [-0.25, -0.2) is 4.98 Å². The number of nitrogens with zero attached hydrogens (tertiary/aromatic N) is 2. The van der Waals surface area contributed by atoms with Crippen LogP contribution in [0.4, 0.5) is 18.9 Å². The predicted molar refractivity (Wildman–Crippen MR) is 77.9 cm³/mol. The molecule has 1 N–H and O–H groups in total. The monoisotopic (exact) mass is 325 g/mol. The Balaban J connectivity index is 2.17. The zero-order valence-electron chi connectivity index (χ0n) is 12.2. The molecular weight excluding hydrogens is 311 g/mol. The average molecular weight is 325 g/mol. The van der Waals surface area contributed by atoms with Gasteiger partial charge < -0.3 is 5.32 Å². The third kappa shape index (κ3) is 4.18. The largest absolute Gasteiger partial charge is 0.418 e. The molecule has 8 heteroatoms. The summed E-state index contributed by atoms with van der Waals surface area (Å²) in [4.78, 5) is 27.7. The maximum Gasteiger partial charge on any atom is 0.418 e. The van der Waals surface area contributed by atoms with E-state index in [2.05, 4.69) is 10.3 Å². The second kappa shape index (κ2) is 6.64. The number of halogens is 3. The van der Waals surface area contributed by atoms with Gasteiger partial charge in [0.05, 0.1) is 17.6 Å². The summed E-state index contributed by atoms with van der Waals surface area (Å²) in [5.74, 6) is -0.741. The van der Waals surface area contributed by atoms with Crippen molar-refractivity contribution in [2.24, 2.45) is 0 Å². The molecular formula is C15H14F3N3O2. The SMILES string of the molecule is CCc1cc(=O)n(CC(=O)Nc2ccccc2C(F)(F)F)cn1. The van der Waals surface area contributed by atoms with Crippen LogP contribution < -0.4 is 10.9 Å². The first kappa shape index (κ1) is 16.7. The van der Waals surface area contributed by atoms with Gasteiger partial charge in [-0.3, -0.25) is 14.2 Å². The van der Waals surface area contributed by atoms with Crippen molar-refractivity contribution in [2.75, 3.05) is 5.32 Å². The molecule has 122 valence electrons. The maximum absolute atomic E-state index is 12.9. The van der Waals surface area contributed by atoms with Crippen LogP contribution in [0, 0.1) is 0 Å². The van der Waals surface area contributed by atoms with Crippen molar-refractivity contribution in [3.63, 3.8) is 0 Å². The lowest BCUT2D eigenvalue weighted by atomic mass is 10.1. The Hall–Kier alpha value is -2.64. The van der Waals surface area contributed by atoms with Gasteiger partial charge in [0.2, 0.25) is 5.91 Å². The lowest BCUT2D eigenvalue weighted by Gasteiger charge is -2.13. The lowest BCUT2D eigenvalue weighted by molar-refractivity contribution is -0.137. The van der Waals surface area contributed by atoms with E-state index < -0.39 is 29.8 Å². The van der Waals surface area contributed by atoms with Gasteiger partial charge >= 0.3 is 6.18 Å². The molecule has 0 unspecified atom stereocenters. The number of nitrogens with one attached hydrogen (secondary N) is 1. The molecule has 0 spiro atoms. The highest BCUT2D eigenvalue weighted by molar-refractivity contribution is 5.91. The van der Waals surface area contributed by atoms with E-state index >= 15 is 0 Å². The van der Waals surface area contributed by atoms with Gasteiger partial charge in [0, 0.05) is 11.8 Å². The maximum atomic E-state index is 12.9. The Morgan fingerprint density at radius 2 is 2.00 bits per heavy atom. The molecule has 0 aliphatic carbocycles. The van der Waals surface area contributed by atoms with E-state index in [4.69, 9.17) is 0 Å². The zero-order valence-corrected chi connectivity index (χ0v) is 12.2. The van der Waals surface area contributed by atoms with E-state index in [-0.39, 0.29) is 5.69 Å². The molecule has 1 aromatic carbocycles. The van der Waals surface area contributed by atoms with E-state index in [9.17, 15) is 22.8 Å². The molecule has 0 saturated heterocycles. The third-order valence-corrected chi connectivity index (χ3v) is 3.12. The summed E-state index contributed by atoms with van der Waals surface area (Å²) in [5.41, 5.74) is -1.15. The molecule has 1 heterocycles. The van der Waals surface area contributed by atoms with E-state index in [1.807, 2.05) is 6.92 Å². The van der Waals surface area contributed by atoms with Crippen LogP contribution in [0.5, 0.6) is 0 Å². The highest BCUT2D eigenvalue weighted by Gasteiger charge is 2.33.